The number of rotatable bonds is 2. The third-order valence-corrected chi connectivity index (χ3v) is 4.62. The lowest BCUT2D eigenvalue weighted by atomic mass is 10.2. The number of carbonyl (C=O) groups is 1. The van der Waals surface area contributed by atoms with Gasteiger partial charge in [0, 0.05) is 10.4 Å². The Balaban J connectivity index is 1.74. The molecule has 0 radical (unpaired) electrons. The zero-order valence-electron chi connectivity index (χ0n) is 12.4. The Morgan fingerprint density at radius 1 is 1.33 bits per heavy atom. The molecule has 1 aromatic carbocycles. The highest BCUT2D eigenvalue weighted by Gasteiger charge is 2.16. The largest absolute Gasteiger partial charge is 0.451 e. The van der Waals surface area contributed by atoms with E-state index in [0.29, 0.717) is 32.0 Å². The SMILES string of the molecule is Cc1nc2sccc2c(=O)n1NC(=O)c1cc2cc(Cl)ccc2o1. The van der Waals surface area contributed by atoms with Crippen molar-refractivity contribution in [1.82, 2.24) is 9.66 Å². The topological polar surface area (TPSA) is 77.1 Å². The molecule has 3 aromatic heterocycles. The predicted octanol–water partition coefficient (Wildman–Crippen LogP) is 3.55. The quantitative estimate of drug-likeness (QED) is 0.593. The molecule has 0 unspecified atom stereocenters. The van der Waals surface area contributed by atoms with Gasteiger partial charge in [-0.15, -0.1) is 11.3 Å². The molecule has 1 N–H and O–H groups in total. The zero-order chi connectivity index (χ0) is 16.8. The van der Waals surface area contributed by atoms with E-state index in [4.69, 9.17) is 16.0 Å². The molecule has 8 heteroatoms. The molecule has 0 bridgehead atoms. The van der Waals surface area contributed by atoms with E-state index in [2.05, 4.69) is 10.4 Å². The number of carbonyl (C=O) groups excluding carboxylic acids is 1. The summed E-state index contributed by atoms with van der Waals surface area (Å²) in [6, 6.07) is 8.32. The summed E-state index contributed by atoms with van der Waals surface area (Å²) in [5.41, 5.74) is 2.75. The van der Waals surface area contributed by atoms with Crippen LogP contribution in [0.1, 0.15) is 16.4 Å². The molecule has 3 heterocycles. The summed E-state index contributed by atoms with van der Waals surface area (Å²) in [6.07, 6.45) is 0. The molecule has 1 amide bonds. The van der Waals surface area contributed by atoms with Crippen LogP contribution in [0.2, 0.25) is 5.02 Å². The smallest absolute Gasteiger partial charge is 0.305 e. The zero-order valence-corrected chi connectivity index (χ0v) is 13.9. The van der Waals surface area contributed by atoms with E-state index >= 15 is 0 Å². The minimum Gasteiger partial charge on any atom is -0.451 e. The molecular weight excluding hydrogens is 350 g/mol. The Kier molecular flexibility index (Phi) is 3.40. The first kappa shape index (κ1) is 14.9. The van der Waals surface area contributed by atoms with Gasteiger partial charge in [-0.05, 0) is 42.6 Å². The van der Waals surface area contributed by atoms with Crippen molar-refractivity contribution in [2.24, 2.45) is 0 Å². The third-order valence-electron chi connectivity index (χ3n) is 3.58. The summed E-state index contributed by atoms with van der Waals surface area (Å²) in [4.78, 5) is 29.8. The lowest BCUT2D eigenvalue weighted by molar-refractivity contribution is 0.0982. The number of nitrogens with zero attached hydrogens (tertiary/aromatic N) is 2. The van der Waals surface area contributed by atoms with Gasteiger partial charge in [-0.3, -0.25) is 15.0 Å². The van der Waals surface area contributed by atoms with Crippen molar-refractivity contribution < 1.29 is 9.21 Å². The first-order valence-electron chi connectivity index (χ1n) is 7.00. The molecule has 24 heavy (non-hydrogen) atoms. The van der Waals surface area contributed by atoms with Gasteiger partial charge in [-0.25, -0.2) is 9.66 Å². The van der Waals surface area contributed by atoms with Crippen LogP contribution in [0.15, 0.2) is 44.9 Å². The average molecular weight is 360 g/mol. The number of aromatic nitrogens is 2. The van der Waals surface area contributed by atoms with E-state index in [0.717, 1.165) is 4.68 Å². The Labute approximate surface area is 144 Å². The van der Waals surface area contributed by atoms with E-state index in [1.54, 1.807) is 42.6 Å². The van der Waals surface area contributed by atoms with Gasteiger partial charge >= 0.3 is 5.91 Å². The minimum absolute atomic E-state index is 0.0870. The minimum atomic E-state index is -0.538. The van der Waals surface area contributed by atoms with Crippen LogP contribution in [0.3, 0.4) is 0 Å². The number of nitrogens with one attached hydrogen (secondary N) is 1. The second-order valence-electron chi connectivity index (χ2n) is 5.17. The number of fused-ring (bicyclic) bond motifs is 2. The van der Waals surface area contributed by atoms with Gasteiger partial charge < -0.3 is 4.42 Å². The highest BCUT2D eigenvalue weighted by atomic mass is 35.5. The van der Waals surface area contributed by atoms with Crippen LogP contribution in [-0.2, 0) is 0 Å². The predicted molar refractivity (Wildman–Crippen MR) is 93.5 cm³/mol. The van der Waals surface area contributed by atoms with Crippen molar-refractivity contribution >= 4 is 50.0 Å². The first-order valence-corrected chi connectivity index (χ1v) is 8.26. The van der Waals surface area contributed by atoms with Crippen molar-refractivity contribution in [3.05, 3.63) is 62.7 Å². The molecule has 0 saturated heterocycles. The molecule has 0 aliphatic carbocycles. The maximum absolute atomic E-state index is 12.5. The van der Waals surface area contributed by atoms with E-state index < -0.39 is 5.91 Å². The van der Waals surface area contributed by atoms with Crippen LogP contribution in [0.4, 0.5) is 0 Å². The van der Waals surface area contributed by atoms with Crippen LogP contribution < -0.4 is 11.0 Å². The van der Waals surface area contributed by atoms with Crippen LogP contribution >= 0.6 is 22.9 Å². The van der Waals surface area contributed by atoms with Gasteiger partial charge in [0.2, 0.25) is 0 Å². The van der Waals surface area contributed by atoms with Crippen molar-refractivity contribution in [2.75, 3.05) is 5.43 Å². The van der Waals surface area contributed by atoms with Gasteiger partial charge in [-0.2, -0.15) is 0 Å². The normalized spacial score (nSPS) is 11.2. The third kappa shape index (κ3) is 2.38. The number of aryl methyl sites for hydroxylation is 1. The number of benzene rings is 1. The lowest BCUT2D eigenvalue weighted by Crippen LogP contribution is -2.35. The van der Waals surface area contributed by atoms with Crippen molar-refractivity contribution in [2.45, 2.75) is 6.92 Å². The van der Waals surface area contributed by atoms with E-state index in [-0.39, 0.29) is 11.3 Å². The Bertz CT molecular complexity index is 1160. The molecule has 0 saturated carbocycles. The summed E-state index contributed by atoms with van der Waals surface area (Å²) in [5.74, 6) is -0.0599. The fourth-order valence-electron chi connectivity index (χ4n) is 2.43. The maximum Gasteiger partial charge on any atom is 0.305 e. The van der Waals surface area contributed by atoms with Gasteiger partial charge in [0.1, 0.15) is 16.2 Å². The molecule has 4 aromatic rings. The number of halogens is 1. The number of hydrogen-bond donors (Lipinski definition) is 1. The van der Waals surface area contributed by atoms with Gasteiger partial charge in [0.15, 0.2) is 5.76 Å². The molecule has 0 aliphatic heterocycles. The molecule has 6 nitrogen and oxygen atoms in total. The fraction of sp³-hybridized carbons (Fsp3) is 0.0625. The second kappa shape index (κ2) is 5.47. The maximum atomic E-state index is 12.5. The molecule has 0 aliphatic rings. The Morgan fingerprint density at radius 3 is 3.00 bits per heavy atom. The van der Waals surface area contributed by atoms with E-state index in [1.807, 2.05) is 0 Å². The van der Waals surface area contributed by atoms with Crippen molar-refractivity contribution in [3.8, 4) is 0 Å². The molecular formula is C16H10ClN3O3S. The molecule has 4 rings (SSSR count). The van der Waals surface area contributed by atoms with Crippen LogP contribution in [-0.4, -0.2) is 15.6 Å². The van der Waals surface area contributed by atoms with Crippen LogP contribution in [0, 0.1) is 6.92 Å². The summed E-state index contributed by atoms with van der Waals surface area (Å²) >= 11 is 7.30. The summed E-state index contributed by atoms with van der Waals surface area (Å²) in [5, 5.41) is 3.51. The van der Waals surface area contributed by atoms with Crippen molar-refractivity contribution in [1.29, 1.82) is 0 Å². The van der Waals surface area contributed by atoms with Gasteiger partial charge in [0.05, 0.1) is 5.39 Å². The lowest BCUT2D eigenvalue weighted by Gasteiger charge is -2.09. The van der Waals surface area contributed by atoms with Crippen molar-refractivity contribution in [3.63, 3.8) is 0 Å². The second-order valence-corrected chi connectivity index (χ2v) is 6.50. The number of amides is 1. The Morgan fingerprint density at radius 2 is 2.17 bits per heavy atom. The Hall–Kier alpha value is -2.64. The summed E-state index contributed by atoms with van der Waals surface area (Å²) in [6.45, 7) is 1.65. The molecule has 0 atom stereocenters. The molecule has 120 valence electrons. The fourth-order valence-corrected chi connectivity index (χ4v) is 3.41. The summed E-state index contributed by atoms with van der Waals surface area (Å²) in [7, 11) is 0. The standard InChI is InChI=1S/C16H10ClN3O3S/c1-8-18-15-11(4-5-24-15)16(22)20(8)19-14(21)13-7-9-6-10(17)2-3-12(9)23-13/h2-7H,1H3,(H,19,21). The summed E-state index contributed by atoms with van der Waals surface area (Å²) < 4.78 is 6.63. The average Bonchev–Trinajstić information content (AvgIpc) is 3.17. The van der Waals surface area contributed by atoms with E-state index in [9.17, 15) is 9.59 Å². The molecule has 0 fully saturated rings. The van der Waals surface area contributed by atoms with Crippen LogP contribution in [0.5, 0.6) is 0 Å². The monoisotopic (exact) mass is 359 g/mol. The first-order chi connectivity index (χ1) is 11.5. The highest BCUT2D eigenvalue weighted by Crippen LogP contribution is 2.23. The van der Waals surface area contributed by atoms with Crippen LogP contribution in [0.25, 0.3) is 21.2 Å². The number of thiophene rings is 1. The number of furan rings is 1. The highest BCUT2D eigenvalue weighted by molar-refractivity contribution is 7.16. The van der Waals surface area contributed by atoms with Gasteiger partial charge in [0.25, 0.3) is 5.56 Å². The van der Waals surface area contributed by atoms with Gasteiger partial charge in [-0.1, -0.05) is 11.6 Å². The molecule has 0 spiro atoms. The van der Waals surface area contributed by atoms with E-state index in [1.165, 1.54) is 11.3 Å². The number of hydrogen-bond acceptors (Lipinski definition) is 5.